The lowest BCUT2D eigenvalue weighted by Crippen LogP contribution is -2.30. The molecule has 3 atom stereocenters. The minimum atomic E-state index is 0.569. The summed E-state index contributed by atoms with van der Waals surface area (Å²) in [5, 5.41) is 3.50. The van der Waals surface area contributed by atoms with Gasteiger partial charge in [0, 0.05) is 30.4 Å². The van der Waals surface area contributed by atoms with Gasteiger partial charge in [0.2, 0.25) is 0 Å². The highest BCUT2D eigenvalue weighted by atomic mass is 15.1. The third-order valence-electron chi connectivity index (χ3n) is 4.33. The van der Waals surface area contributed by atoms with Crippen molar-refractivity contribution in [2.45, 2.75) is 58.4 Å². The van der Waals surface area contributed by atoms with Gasteiger partial charge in [-0.3, -0.25) is 0 Å². The Morgan fingerprint density at radius 2 is 2.33 bits per heavy atom. The molecule has 0 saturated carbocycles. The molecule has 3 nitrogen and oxygen atoms in total. The van der Waals surface area contributed by atoms with Crippen LogP contribution >= 0.6 is 0 Å². The largest absolute Gasteiger partial charge is 0.331 e. The van der Waals surface area contributed by atoms with Gasteiger partial charge in [0.1, 0.15) is 0 Å². The second-order valence-electron chi connectivity index (χ2n) is 5.87. The Bertz CT molecular complexity index is 352. The van der Waals surface area contributed by atoms with Gasteiger partial charge in [-0.25, -0.2) is 4.98 Å². The number of nitrogens with zero attached hydrogens (tertiary/aromatic N) is 2. The molecular formula is C15H27N3. The van der Waals surface area contributed by atoms with Crippen molar-refractivity contribution >= 4 is 0 Å². The molecule has 0 spiro atoms. The van der Waals surface area contributed by atoms with Crippen LogP contribution in [-0.4, -0.2) is 22.6 Å². The van der Waals surface area contributed by atoms with Crippen molar-refractivity contribution in [1.29, 1.82) is 0 Å². The summed E-state index contributed by atoms with van der Waals surface area (Å²) in [7, 11) is 0. The molecule has 3 heteroatoms. The van der Waals surface area contributed by atoms with Crippen LogP contribution in [0.1, 0.15) is 64.1 Å². The van der Waals surface area contributed by atoms with Crippen molar-refractivity contribution in [3.8, 4) is 0 Å². The first-order valence-corrected chi connectivity index (χ1v) is 7.44. The summed E-state index contributed by atoms with van der Waals surface area (Å²) in [6.45, 7) is 9.23. The molecule has 1 saturated heterocycles. The lowest BCUT2D eigenvalue weighted by Gasteiger charge is -2.27. The van der Waals surface area contributed by atoms with E-state index >= 15 is 0 Å². The van der Waals surface area contributed by atoms with Crippen LogP contribution in [0.5, 0.6) is 0 Å². The molecule has 1 fully saturated rings. The molecule has 0 amide bonds. The first kappa shape index (κ1) is 13.6. The average molecular weight is 249 g/mol. The molecule has 1 aliphatic rings. The molecule has 0 aliphatic carbocycles. The number of piperidine rings is 1. The topological polar surface area (TPSA) is 29.9 Å². The molecule has 0 bridgehead atoms. The van der Waals surface area contributed by atoms with Gasteiger partial charge in [-0.2, -0.15) is 0 Å². The van der Waals surface area contributed by atoms with Crippen molar-refractivity contribution in [2.75, 3.05) is 13.1 Å². The molecule has 0 radical (unpaired) electrons. The molecule has 102 valence electrons. The fourth-order valence-corrected chi connectivity index (χ4v) is 2.97. The van der Waals surface area contributed by atoms with Crippen LogP contribution in [-0.2, 0) is 0 Å². The lowest BCUT2D eigenvalue weighted by atomic mass is 9.95. The van der Waals surface area contributed by atoms with E-state index in [1.165, 1.54) is 37.9 Å². The van der Waals surface area contributed by atoms with Gasteiger partial charge >= 0.3 is 0 Å². The van der Waals surface area contributed by atoms with E-state index in [0.717, 1.165) is 12.5 Å². The van der Waals surface area contributed by atoms with E-state index in [2.05, 4.69) is 41.8 Å². The summed E-state index contributed by atoms with van der Waals surface area (Å²) >= 11 is 0. The molecule has 2 heterocycles. The third kappa shape index (κ3) is 3.14. The Morgan fingerprint density at radius 3 is 3.00 bits per heavy atom. The molecule has 1 aromatic heterocycles. The number of hydrogen-bond acceptors (Lipinski definition) is 2. The van der Waals surface area contributed by atoms with E-state index in [0.29, 0.717) is 12.0 Å². The monoisotopic (exact) mass is 249 g/mol. The standard InChI is InChI=1S/C15H27N3/c1-4-12(2)8-13(3)18-11-17-10-15(18)14-6-5-7-16-9-14/h10-14,16H,4-9H2,1-3H3. The van der Waals surface area contributed by atoms with E-state index < -0.39 is 0 Å². The van der Waals surface area contributed by atoms with E-state index in [1.54, 1.807) is 0 Å². The van der Waals surface area contributed by atoms with Gasteiger partial charge in [0.15, 0.2) is 0 Å². The van der Waals surface area contributed by atoms with Crippen LogP contribution in [0, 0.1) is 5.92 Å². The summed E-state index contributed by atoms with van der Waals surface area (Å²) in [4.78, 5) is 4.39. The quantitative estimate of drug-likeness (QED) is 0.867. The minimum Gasteiger partial charge on any atom is -0.331 e. The maximum absolute atomic E-state index is 4.39. The second kappa shape index (κ2) is 6.37. The van der Waals surface area contributed by atoms with Crippen LogP contribution in [0.3, 0.4) is 0 Å². The Kier molecular flexibility index (Phi) is 4.81. The van der Waals surface area contributed by atoms with Gasteiger partial charge in [0.25, 0.3) is 0 Å². The summed E-state index contributed by atoms with van der Waals surface area (Å²) in [6, 6.07) is 0.569. The van der Waals surface area contributed by atoms with Crippen molar-refractivity contribution in [3.05, 3.63) is 18.2 Å². The summed E-state index contributed by atoms with van der Waals surface area (Å²) in [5.41, 5.74) is 1.43. The van der Waals surface area contributed by atoms with Crippen LogP contribution in [0.4, 0.5) is 0 Å². The van der Waals surface area contributed by atoms with Gasteiger partial charge < -0.3 is 9.88 Å². The zero-order chi connectivity index (χ0) is 13.0. The second-order valence-corrected chi connectivity index (χ2v) is 5.87. The first-order valence-electron chi connectivity index (χ1n) is 7.44. The van der Waals surface area contributed by atoms with Crippen LogP contribution in [0.2, 0.25) is 0 Å². The van der Waals surface area contributed by atoms with E-state index in [-0.39, 0.29) is 0 Å². The number of nitrogens with one attached hydrogen (secondary N) is 1. The summed E-state index contributed by atoms with van der Waals surface area (Å²) in [6.07, 6.45) is 9.20. The Labute approximate surface area is 111 Å². The van der Waals surface area contributed by atoms with Gasteiger partial charge in [-0.15, -0.1) is 0 Å². The maximum atomic E-state index is 4.39. The normalized spacial score (nSPS) is 23.8. The molecule has 3 unspecified atom stereocenters. The lowest BCUT2D eigenvalue weighted by molar-refractivity contribution is 0.372. The number of aromatic nitrogens is 2. The Balaban J connectivity index is 2.06. The van der Waals surface area contributed by atoms with Crippen molar-refractivity contribution in [2.24, 2.45) is 5.92 Å². The van der Waals surface area contributed by atoms with Gasteiger partial charge in [-0.1, -0.05) is 20.3 Å². The molecule has 2 rings (SSSR count). The fraction of sp³-hybridized carbons (Fsp3) is 0.800. The van der Waals surface area contributed by atoms with Crippen LogP contribution in [0.25, 0.3) is 0 Å². The van der Waals surface area contributed by atoms with Gasteiger partial charge in [-0.05, 0) is 38.6 Å². The molecule has 18 heavy (non-hydrogen) atoms. The number of rotatable bonds is 5. The molecule has 1 N–H and O–H groups in total. The average Bonchev–Trinajstić information content (AvgIpc) is 2.88. The van der Waals surface area contributed by atoms with E-state index in [4.69, 9.17) is 0 Å². The van der Waals surface area contributed by atoms with Gasteiger partial charge in [0.05, 0.1) is 6.33 Å². The fourth-order valence-electron chi connectivity index (χ4n) is 2.97. The predicted molar refractivity (Wildman–Crippen MR) is 75.9 cm³/mol. The summed E-state index contributed by atoms with van der Waals surface area (Å²) < 4.78 is 2.41. The molecular weight excluding hydrogens is 222 g/mol. The molecule has 1 aliphatic heterocycles. The predicted octanol–water partition coefficient (Wildman–Crippen LogP) is 3.35. The maximum Gasteiger partial charge on any atom is 0.0950 e. The zero-order valence-electron chi connectivity index (χ0n) is 12.0. The Morgan fingerprint density at radius 1 is 1.50 bits per heavy atom. The Hall–Kier alpha value is -0.830. The van der Waals surface area contributed by atoms with Crippen molar-refractivity contribution in [1.82, 2.24) is 14.9 Å². The van der Waals surface area contributed by atoms with Crippen molar-refractivity contribution in [3.63, 3.8) is 0 Å². The first-order chi connectivity index (χ1) is 8.72. The van der Waals surface area contributed by atoms with Crippen molar-refractivity contribution < 1.29 is 0 Å². The third-order valence-corrected chi connectivity index (χ3v) is 4.33. The highest BCUT2D eigenvalue weighted by Gasteiger charge is 2.21. The number of hydrogen-bond donors (Lipinski definition) is 1. The minimum absolute atomic E-state index is 0.569. The molecule has 1 aromatic rings. The smallest absolute Gasteiger partial charge is 0.0950 e. The van der Waals surface area contributed by atoms with E-state index in [9.17, 15) is 0 Å². The number of imidazole rings is 1. The highest BCUT2D eigenvalue weighted by molar-refractivity contribution is 5.09. The molecule has 0 aromatic carbocycles. The zero-order valence-corrected chi connectivity index (χ0v) is 12.0. The highest BCUT2D eigenvalue weighted by Crippen LogP contribution is 2.28. The van der Waals surface area contributed by atoms with E-state index in [1.807, 2.05) is 6.33 Å². The SMILES string of the molecule is CCC(C)CC(C)n1cncc1C1CCCNC1. The van der Waals surface area contributed by atoms with Crippen LogP contribution in [0.15, 0.2) is 12.5 Å². The van der Waals surface area contributed by atoms with Crippen LogP contribution < -0.4 is 5.32 Å². The summed E-state index contributed by atoms with van der Waals surface area (Å²) in [5.74, 6) is 1.44.